The van der Waals surface area contributed by atoms with E-state index in [0.717, 1.165) is 4.47 Å². The van der Waals surface area contributed by atoms with E-state index in [1.54, 1.807) is 36.4 Å². The first kappa shape index (κ1) is 21.4. The highest BCUT2D eigenvalue weighted by molar-refractivity contribution is 9.10. The van der Waals surface area contributed by atoms with Crippen molar-refractivity contribution in [2.75, 3.05) is 20.2 Å². The third kappa shape index (κ3) is 4.89. The van der Waals surface area contributed by atoms with Gasteiger partial charge in [0.15, 0.2) is 5.54 Å². The van der Waals surface area contributed by atoms with E-state index in [0.29, 0.717) is 23.3 Å². The van der Waals surface area contributed by atoms with Crippen LogP contribution in [0.25, 0.3) is 0 Å². The summed E-state index contributed by atoms with van der Waals surface area (Å²) >= 11 is 3.35. The van der Waals surface area contributed by atoms with E-state index in [2.05, 4.69) is 33.1 Å². The highest BCUT2D eigenvalue weighted by Gasteiger charge is 2.48. The summed E-state index contributed by atoms with van der Waals surface area (Å²) in [5.74, 6) is 0.0761. The van der Waals surface area contributed by atoms with Crippen molar-refractivity contribution < 1.29 is 19.1 Å². The van der Waals surface area contributed by atoms with Gasteiger partial charge in [0.1, 0.15) is 5.76 Å². The summed E-state index contributed by atoms with van der Waals surface area (Å²) in [7, 11) is 1.54. The maximum atomic E-state index is 12.6. The van der Waals surface area contributed by atoms with Gasteiger partial charge in [0.2, 0.25) is 6.41 Å². The lowest BCUT2D eigenvalue weighted by Gasteiger charge is -2.31. The Morgan fingerprint density at radius 1 is 1.32 bits per heavy atom. The zero-order valence-electron chi connectivity index (χ0n) is 15.7. The van der Waals surface area contributed by atoms with E-state index in [1.807, 2.05) is 13.0 Å². The van der Waals surface area contributed by atoms with Crippen molar-refractivity contribution in [3.8, 4) is 0 Å². The summed E-state index contributed by atoms with van der Waals surface area (Å²) in [6.45, 7) is 5.92. The zero-order chi connectivity index (χ0) is 20.7. The minimum atomic E-state index is -1.38. The first-order valence-corrected chi connectivity index (χ1v) is 9.29. The van der Waals surface area contributed by atoms with Crippen LogP contribution in [0.5, 0.6) is 0 Å². The number of ether oxygens (including phenoxy) is 1. The van der Waals surface area contributed by atoms with E-state index < -0.39 is 17.5 Å². The molecule has 0 aromatic heterocycles. The molecule has 0 bridgehead atoms. The Kier molecular flexibility index (Phi) is 7.17. The van der Waals surface area contributed by atoms with Gasteiger partial charge in [0, 0.05) is 11.0 Å². The molecule has 1 saturated heterocycles. The van der Waals surface area contributed by atoms with Crippen molar-refractivity contribution in [1.82, 2.24) is 15.5 Å². The van der Waals surface area contributed by atoms with Crippen molar-refractivity contribution in [2.24, 2.45) is 0 Å². The topological polar surface area (TPSA) is 87.7 Å². The van der Waals surface area contributed by atoms with Crippen LogP contribution in [-0.4, -0.2) is 43.4 Å². The van der Waals surface area contributed by atoms with Crippen molar-refractivity contribution >= 4 is 34.3 Å². The Hall–Kier alpha value is -2.87. The molecule has 2 rings (SSSR count). The van der Waals surface area contributed by atoms with Crippen molar-refractivity contribution in [3.63, 3.8) is 0 Å². The average Bonchev–Trinajstić information content (AvgIpc) is 2.95. The van der Waals surface area contributed by atoms with Gasteiger partial charge < -0.3 is 15.0 Å². The number of carbonyl (C=O) groups is 3. The minimum Gasteiger partial charge on any atom is -0.497 e. The Labute approximate surface area is 172 Å². The number of hydrogen-bond donors (Lipinski definition) is 2. The van der Waals surface area contributed by atoms with Gasteiger partial charge in [-0.05, 0) is 42.3 Å². The Bertz CT molecular complexity index is 832. The normalized spacial score (nSPS) is 19.3. The zero-order valence-corrected chi connectivity index (χ0v) is 17.3. The number of nitrogens with one attached hydrogen (secondary N) is 2. The number of benzene rings is 1. The molecule has 2 N–H and O–H groups in total. The summed E-state index contributed by atoms with van der Waals surface area (Å²) in [5.41, 5.74) is -0.202. The molecule has 0 aliphatic carbocycles. The number of amides is 4. The lowest BCUT2D eigenvalue weighted by atomic mass is 9.89. The second-order valence-electron chi connectivity index (χ2n) is 6.24. The number of nitrogens with zero attached hydrogens (tertiary/aromatic N) is 1. The fourth-order valence-electron chi connectivity index (χ4n) is 2.91. The number of allylic oxidation sites excluding steroid dienone is 2. The molecule has 148 valence electrons. The molecule has 1 aliphatic heterocycles. The van der Waals surface area contributed by atoms with E-state index in [9.17, 15) is 14.4 Å². The molecule has 1 aromatic carbocycles. The van der Waals surface area contributed by atoms with E-state index in [-0.39, 0.29) is 13.1 Å². The highest BCUT2D eigenvalue weighted by Crippen LogP contribution is 2.27. The number of carbonyl (C=O) groups excluding carboxylic acids is 3. The molecule has 1 heterocycles. The van der Waals surface area contributed by atoms with Gasteiger partial charge in [-0.3, -0.25) is 14.9 Å². The monoisotopic (exact) mass is 447 g/mol. The van der Waals surface area contributed by atoms with Crippen LogP contribution < -0.4 is 10.6 Å². The van der Waals surface area contributed by atoms with Gasteiger partial charge in [-0.1, -0.05) is 40.7 Å². The lowest BCUT2D eigenvalue weighted by molar-refractivity contribution is -0.126. The minimum absolute atomic E-state index is 0.0471. The number of rotatable bonds is 9. The molecular formula is C20H22BrN3O4. The highest BCUT2D eigenvalue weighted by atomic mass is 79.9. The molecule has 1 fully saturated rings. The second kappa shape index (κ2) is 9.36. The fourth-order valence-corrected chi connectivity index (χ4v) is 3.18. The summed E-state index contributed by atoms with van der Waals surface area (Å²) in [6, 6.07) is 6.38. The van der Waals surface area contributed by atoms with Crippen LogP contribution in [0.3, 0.4) is 0 Å². The third-order valence-corrected chi connectivity index (χ3v) is 4.72. The van der Waals surface area contributed by atoms with Crippen LogP contribution in [0.4, 0.5) is 4.79 Å². The fraction of sp³-hybridized carbons (Fsp3) is 0.250. The number of imide groups is 1. The molecular weight excluding hydrogens is 426 g/mol. The predicted octanol–water partition coefficient (Wildman–Crippen LogP) is 2.60. The maximum absolute atomic E-state index is 12.6. The molecule has 8 heteroatoms. The summed E-state index contributed by atoms with van der Waals surface area (Å²) in [6.07, 6.45) is 5.92. The smallest absolute Gasteiger partial charge is 0.322 e. The summed E-state index contributed by atoms with van der Waals surface area (Å²) in [4.78, 5) is 37.5. The van der Waals surface area contributed by atoms with Crippen LogP contribution >= 0.6 is 15.9 Å². The Balaban J connectivity index is 2.28. The van der Waals surface area contributed by atoms with Gasteiger partial charge in [-0.25, -0.2) is 4.79 Å². The van der Waals surface area contributed by atoms with Crippen LogP contribution in [0.1, 0.15) is 12.5 Å². The lowest BCUT2D eigenvalue weighted by Crippen LogP contribution is -2.52. The Morgan fingerprint density at radius 2 is 2.00 bits per heavy atom. The van der Waals surface area contributed by atoms with Crippen molar-refractivity contribution in [3.05, 3.63) is 70.4 Å². The van der Waals surface area contributed by atoms with E-state index in [4.69, 9.17) is 4.74 Å². The molecule has 4 amide bonds. The molecule has 0 spiro atoms. The SMILES string of the molecule is C=C(/C=C(\C=C/C)OC)CN(C=O)CC1(c2ccc(Br)cc2)NC(=O)NC1=O. The number of methoxy groups -OCH3 is 1. The van der Waals surface area contributed by atoms with Gasteiger partial charge >= 0.3 is 6.03 Å². The first-order chi connectivity index (χ1) is 13.3. The number of urea groups is 1. The first-order valence-electron chi connectivity index (χ1n) is 8.49. The largest absolute Gasteiger partial charge is 0.497 e. The quantitative estimate of drug-likeness (QED) is 0.263. The molecule has 7 nitrogen and oxygen atoms in total. The molecule has 1 aromatic rings. The molecule has 0 saturated carbocycles. The number of halogens is 1. The third-order valence-electron chi connectivity index (χ3n) is 4.19. The molecule has 1 atom stereocenters. The van der Waals surface area contributed by atoms with Crippen LogP contribution in [0.15, 0.2) is 64.9 Å². The van der Waals surface area contributed by atoms with Gasteiger partial charge in [0.05, 0.1) is 13.7 Å². The standard InChI is InChI=1S/C20H22BrN3O4/c1-4-5-17(28-3)10-14(2)11-24(13-25)12-20(18(26)22-19(27)23-20)15-6-8-16(21)9-7-15/h4-10,13H,2,11-12H2,1,3H3,(H2,22,23,26,27)/b5-4-,17-10+. The van der Waals surface area contributed by atoms with Crippen LogP contribution in [0, 0.1) is 0 Å². The van der Waals surface area contributed by atoms with Gasteiger partial charge in [0.25, 0.3) is 5.91 Å². The van der Waals surface area contributed by atoms with Crippen molar-refractivity contribution in [1.29, 1.82) is 0 Å². The van der Waals surface area contributed by atoms with E-state index >= 15 is 0 Å². The van der Waals surface area contributed by atoms with Crippen LogP contribution in [0.2, 0.25) is 0 Å². The summed E-state index contributed by atoms with van der Waals surface area (Å²) < 4.78 is 6.05. The van der Waals surface area contributed by atoms with Crippen molar-refractivity contribution in [2.45, 2.75) is 12.5 Å². The summed E-state index contributed by atoms with van der Waals surface area (Å²) in [5, 5.41) is 4.92. The van der Waals surface area contributed by atoms with E-state index in [1.165, 1.54) is 12.0 Å². The van der Waals surface area contributed by atoms with Crippen LogP contribution in [-0.2, 0) is 19.9 Å². The maximum Gasteiger partial charge on any atom is 0.322 e. The van der Waals surface area contributed by atoms with Gasteiger partial charge in [-0.15, -0.1) is 0 Å². The van der Waals surface area contributed by atoms with Gasteiger partial charge in [-0.2, -0.15) is 0 Å². The predicted molar refractivity (Wildman–Crippen MR) is 109 cm³/mol. The molecule has 1 aliphatic rings. The molecule has 0 radical (unpaired) electrons. The number of hydrogen-bond acceptors (Lipinski definition) is 4. The molecule has 28 heavy (non-hydrogen) atoms. The second-order valence-corrected chi connectivity index (χ2v) is 7.16. The molecule has 1 unspecified atom stereocenters. The Morgan fingerprint density at radius 3 is 2.50 bits per heavy atom. The average molecular weight is 448 g/mol.